The highest BCUT2D eigenvalue weighted by atomic mass is 32.2. The van der Waals surface area contributed by atoms with Crippen LogP contribution in [0.4, 0.5) is 0 Å². The van der Waals surface area contributed by atoms with Crippen molar-refractivity contribution in [1.29, 1.82) is 0 Å². The molecule has 5 rings (SSSR count). The van der Waals surface area contributed by atoms with E-state index < -0.39 is 0 Å². The number of aromatic nitrogens is 4. The van der Waals surface area contributed by atoms with Gasteiger partial charge in [-0.05, 0) is 44.2 Å². The van der Waals surface area contributed by atoms with Gasteiger partial charge in [0.05, 0.1) is 17.2 Å². The maximum Gasteiger partial charge on any atom is 0.274 e. The van der Waals surface area contributed by atoms with Crippen LogP contribution < -0.4 is 5.56 Å². The SMILES string of the molecule is Cc1cnc(SC[C@@H]2CCCO2)nc1[C@@H]1CCCN(C(=O)c2n[nH]c(=O)c3ccccc23)C1. The number of carbonyl (C=O) groups is 1. The molecule has 0 spiro atoms. The van der Waals surface area contributed by atoms with Crippen LogP contribution in [0.5, 0.6) is 0 Å². The molecule has 33 heavy (non-hydrogen) atoms. The maximum absolute atomic E-state index is 13.4. The van der Waals surface area contributed by atoms with Crippen LogP contribution in [0.3, 0.4) is 0 Å². The van der Waals surface area contributed by atoms with Crippen molar-refractivity contribution in [3.63, 3.8) is 0 Å². The van der Waals surface area contributed by atoms with Gasteiger partial charge >= 0.3 is 0 Å². The number of nitrogens with one attached hydrogen (secondary N) is 1. The minimum atomic E-state index is -0.289. The smallest absolute Gasteiger partial charge is 0.274 e. The third-order valence-electron chi connectivity index (χ3n) is 6.41. The number of thioether (sulfide) groups is 1. The standard InChI is InChI=1S/C24H27N5O3S/c1-15-12-25-24(33-14-17-7-5-11-32-17)26-20(15)16-6-4-10-29(13-16)23(31)21-18-8-2-3-9-19(18)22(30)28-27-21/h2-3,8-9,12,16-17H,4-7,10-11,13-14H2,1H3,(H,28,30)/t16-,17+/m1/s1. The van der Waals surface area contributed by atoms with Gasteiger partial charge in [0.2, 0.25) is 0 Å². The Balaban J connectivity index is 1.35. The predicted molar refractivity (Wildman–Crippen MR) is 127 cm³/mol. The Bertz CT molecular complexity index is 1220. The number of aryl methyl sites for hydroxylation is 1. The van der Waals surface area contributed by atoms with Crippen molar-refractivity contribution in [3.8, 4) is 0 Å². The summed E-state index contributed by atoms with van der Waals surface area (Å²) in [7, 11) is 0. The fraction of sp³-hybridized carbons (Fsp3) is 0.458. The number of hydrogen-bond acceptors (Lipinski definition) is 7. The summed E-state index contributed by atoms with van der Waals surface area (Å²) in [5.74, 6) is 0.844. The molecule has 0 unspecified atom stereocenters. The van der Waals surface area contributed by atoms with Crippen LogP contribution in [0.15, 0.2) is 40.4 Å². The molecule has 0 saturated carbocycles. The Kier molecular flexibility index (Phi) is 6.41. The number of ether oxygens (including phenoxy) is 1. The zero-order chi connectivity index (χ0) is 22.8. The molecule has 2 aliphatic heterocycles. The predicted octanol–water partition coefficient (Wildman–Crippen LogP) is 3.31. The Morgan fingerprint density at radius 3 is 2.91 bits per heavy atom. The van der Waals surface area contributed by atoms with Crippen LogP contribution in [0.2, 0.25) is 0 Å². The van der Waals surface area contributed by atoms with Crippen LogP contribution in [0, 0.1) is 6.92 Å². The molecule has 1 N–H and O–H groups in total. The number of nitrogens with zero attached hydrogens (tertiary/aromatic N) is 4. The third-order valence-corrected chi connectivity index (χ3v) is 7.40. The summed E-state index contributed by atoms with van der Waals surface area (Å²) in [6.45, 7) is 4.11. The first-order chi connectivity index (χ1) is 16.1. The number of carbonyl (C=O) groups excluding carboxylic acids is 1. The highest BCUT2D eigenvalue weighted by molar-refractivity contribution is 7.99. The number of hydrogen-bond donors (Lipinski definition) is 1. The summed E-state index contributed by atoms with van der Waals surface area (Å²) in [5, 5.41) is 8.40. The van der Waals surface area contributed by atoms with Crippen molar-refractivity contribution in [2.24, 2.45) is 0 Å². The largest absolute Gasteiger partial charge is 0.377 e. The van der Waals surface area contributed by atoms with Gasteiger partial charge in [-0.25, -0.2) is 15.1 Å². The molecule has 2 aromatic heterocycles. The van der Waals surface area contributed by atoms with Gasteiger partial charge in [-0.15, -0.1) is 0 Å². The second-order valence-corrected chi connectivity index (χ2v) is 9.69. The van der Waals surface area contributed by atoms with Gasteiger partial charge in [0.25, 0.3) is 11.5 Å². The van der Waals surface area contributed by atoms with Gasteiger partial charge in [0.1, 0.15) is 0 Å². The number of piperidine rings is 1. The van der Waals surface area contributed by atoms with E-state index in [1.807, 2.05) is 24.1 Å². The molecule has 8 nitrogen and oxygen atoms in total. The molecule has 3 aromatic rings. The van der Waals surface area contributed by atoms with E-state index in [2.05, 4.69) is 15.2 Å². The second-order valence-electron chi connectivity index (χ2n) is 8.70. The summed E-state index contributed by atoms with van der Waals surface area (Å²) < 4.78 is 5.72. The van der Waals surface area contributed by atoms with Crippen LogP contribution in [-0.2, 0) is 4.74 Å². The first kappa shape index (κ1) is 22.0. The summed E-state index contributed by atoms with van der Waals surface area (Å²) in [6.07, 6.45) is 6.25. The van der Waals surface area contributed by atoms with Gasteiger partial charge in [-0.3, -0.25) is 9.59 Å². The van der Waals surface area contributed by atoms with Crippen molar-refractivity contribution in [2.75, 3.05) is 25.4 Å². The number of H-pyrrole nitrogens is 1. The zero-order valence-electron chi connectivity index (χ0n) is 18.6. The normalized spacial score (nSPS) is 20.9. The molecule has 1 aromatic carbocycles. The van der Waals surface area contributed by atoms with E-state index in [4.69, 9.17) is 9.72 Å². The molecular weight excluding hydrogens is 438 g/mol. The molecule has 0 bridgehead atoms. The Morgan fingerprint density at radius 1 is 1.24 bits per heavy atom. The molecule has 4 heterocycles. The number of aromatic amines is 1. The summed E-state index contributed by atoms with van der Waals surface area (Å²) in [6, 6.07) is 7.10. The van der Waals surface area contributed by atoms with Gasteiger partial charge in [-0.1, -0.05) is 30.0 Å². The van der Waals surface area contributed by atoms with Crippen molar-refractivity contribution in [3.05, 3.63) is 57.8 Å². The van der Waals surface area contributed by atoms with E-state index in [9.17, 15) is 9.59 Å². The van der Waals surface area contributed by atoms with E-state index in [1.54, 1.807) is 30.0 Å². The monoisotopic (exact) mass is 465 g/mol. The van der Waals surface area contributed by atoms with E-state index >= 15 is 0 Å². The summed E-state index contributed by atoms with van der Waals surface area (Å²) >= 11 is 1.64. The Hall–Kier alpha value is -2.78. The lowest BCUT2D eigenvalue weighted by Crippen LogP contribution is -2.40. The van der Waals surface area contributed by atoms with Crippen LogP contribution in [-0.4, -0.2) is 62.5 Å². The molecule has 9 heteroatoms. The number of benzene rings is 1. The minimum Gasteiger partial charge on any atom is -0.377 e. The van der Waals surface area contributed by atoms with Gasteiger partial charge < -0.3 is 9.64 Å². The summed E-state index contributed by atoms with van der Waals surface area (Å²) in [5.41, 5.74) is 2.06. The average Bonchev–Trinajstić information content (AvgIpc) is 3.37. The fourth-order valence-electron chi connectivity index (χ4n) is 4.68. The van der Waals surface area contributed by atoms with Crippen LogP contribution >= 0.6 is 11.8 Å². The third kappa shape index (κ3) is 4.65. The van der Waals surface area contributed by atoms with Crippen molar-refractivity contribution < 1.29 is 9.53 Å². The second kappa shape index (κ2) is 9.61. The van der Waals surface area contributed by atoms with E-state index in [0.717, 1.165) is 54.5 Å². The van der Waals surface area contributed by atoms with Crippen molar-refractivity contribution >= 4 is 28.4 Å². The molecule has 2 atom stereocenters. The minimum absolute atomic E-state index is 0.141. The first-order valence-electron chi connectivity index (χ1n) is 11.4. The summed E-state index contributed by atoms with van der Waals surface area (Å²) in [4.78, 5) is 36.7. The Morgan fingerprint density at radius 2 is 2.09 bits per heavy atom. The van der Waals surface area contributed by atoms with Gasteiger partial charge in [-0.2, -0.15) is 5.10 Å². The number of amides is 1. The number of likely N-dealkylation sites (tertiary alicyclic amines) is 1. The number of fused-ring (bicyclic) bond motifs is 1. The van der Waals surface area contributed by atoms with E-state index in [-0.39, 0.29) is 29.2 Å². The van der Waals surface area contributed by atoms with Crippen LogP contribution in [0.25, 0.3) is 10.8 Å². The topological polar surface area (TPSA) is 101 Å². The lowest BCUT2D eigenvalue weighted by Gasteiger charge is -2.33. The maximum atomic E-state index is 13.4. The molecule has 2 saturated heterocycles. The van der Waals surface area contributed by atoms with Crippen molar-refractivity contribution in [1.82, 2.24) is 25.1 Å². The lowest BCUT2D eigenvalue weighted by molar-refractivity contribution is 0.0700. The first-order valence-corrected chi connectivity index (χ1v) is 12.4. The highest BCUT2D eigenvalue weighted by Crippen LogP contribution is 2.30. The highest BCUT2D eigenvalue weighted by Gasteiger charge is 2.29. The van der Waals surface area contributed by atoms with Crippen molar-refractivity contribution in [2.45, 2.75) is 49.8 Å². The molecule has 0 radical (unpaired) electrons. The molecular formula is C24H27N5O3S. The molecule has 172 valence electrons. The van der Waals surface area contributed by atoms with E-state index in [1.165, 1.54) is 0 Å². The average molecular weight is 466 g/mol. The Labute approximate surface area is 196 Å². The fourth-order valence-corrected chi connectivity index (χ4v) is 5.56. The quantitative estimate of drug-likeness (QED) is 0.456. The van der Waals surface area contributed by atoms with E-state index in [0.29, 0.717) is 23.9 Å². The number of rotatable bonds is 5. The van der Waals surface area contributed by atoms with Crippen LogP contribution in [0.1, 0.15) is 53.3 Å². The lowest BCUT2D eigenvalue weighted by atomic mass is 9.92. The molecule has 2 aliphatic rings. The zero-order valence-corrected chi connectivity index (χ0v) is 19.4. The molecule has 2 fully saturated rings. The molecule has 1 amide bonds. The van der Waals surface area contributed by atoms with Gasteiger partial charge in [0, 0.05) is 43.0 Å². The van der Waals surface area contributed by atoms with Gasteiger partial charge in [0.15, 0.2) is 10.9 Å². The molecule has 0 aliphatic carbocycles.